The van der Waals surface area contributed by atoms with E-state index in [2.05, 4.69) is 5.32 Å². The van der Waals surface area contributed by atoms with Crippen LogP contribution in [0.4, 0.5) is 5.69 Å². The van der Waals surface area contributed by atoms with Gasteiger partial charge in [0.1, 0.15) is 0 Å². The molecule has 0 aliphatic carbocycles. The molecule has 0 bridgehead atoms. The van der Waals surface area contributed by atoms with E-state index in [0.717, 1.165) is 5.56 Å². The zero-order chi connectivity index (χ0) is 23.0. The van der Waals surface area contributed by atoms with Crippen LogP contribution in [0.1, 0.15) is 32.7 Å². The van der Waals surface area contributed by atoms with E-state index in [1.807, 2.05) is 0 Å². The van der Waals surface area contributed by atoms with Crippen molar-refractivity contribution in [3.05, 3.63) is 47.0 Å². The van der Waals surface area contributed by atoms with Crippen LogP contribution in [-0.2, 0) is 20.7 Å². The first-order valence-electron chi connectivity index (χ1n) is 9.27. The summed E-state index contributed by atoms with van der Waals surface area (Å²) in [6.45, 7) is 0. The van der Waals surface area contributed by atoms with E-state index in [4.69, 9.17) is 23.7 Å². The predicted octanol–water partition coefficient (Wildman–Crippen LogP) is 2.86. The van der Waals surface area contributed by atoms with Crippen LogP contribution in [0.2, 0.25) is 0 Å². The fourth-order valence-electron chi connectivity index (χ4n) is 2.93. The lowest BCUT2D eigenvalue weighted by atomic mass is 10.1. The number of methoxy groups -OCH3 is 5. The van der Waals surface area contributed by atoms with Gasteiger partial charge in [-0.2, -0.15) is 0 Å². The van der Waals surface area contributed by atoms with Gasteiger partial charge in [0.15, 0.2) is 11.5 Å². The molecule has 0 unspecified atom stereocenters. The molecule has 0 saturated heterocycles. The topological polar surface area (TPSA) is 109 Å². The van der Waals surface area contributed by atoms with Gasteiger partial charge in [0.2, 0.25) is 11.7 Å². The lowest BCUT2D eigenvalue weighted by Crippen LogP contribution is -2.14. The Morgan fingerprint density at radius 1 is 0.742 bits per heavy atom. The van der Waals surface area contributed by atoms with Gasteiger partial charge in [-0.3, -0.25) is 4.79 Å². The van der Waals surface area contributed by atoms with E-state index in [9.17, 15) is 14.4 Å². The number of carbonyl (C=O) groups excluding carboxylic acids is 3. The Hall–Kier alpha value is -3.75. The smallest absolute Gasteiger partial charge is 0.337 e. The van der Waals surface area contributed by atoms with Crippen LogP contribution in [-0.4, -0.2) is 53.4 Å². The monoisotopic (exact) mass is 431 g/mol. The van der Waals surface area contributed by atoms with Crippen molar-refractivity contribution in [3.8, 4) is 17.2 Å². The van der Waals surface area contributed by atoms with Crippen LogP contribution in [0.3, 0.4) is 0 Å². The van der Waals surface area contributed by atoms with Crippen LogP contribution in [0.5, 0.6) is 17.2 Å². The number of aryl methyl sites for hydroxylation is 1. The van der Waals surface area contributed by atoms with E-state index in [1.165, 1.54) is 53.7 Å². The molecule has 0 fully saturated rings. The van der Waals surface area contributed by atoms with E-state index < -0.39 is 11.9 Å². The van der Waals surface area contributed by atoms with Crippen molar-refractivity contribution < 1.29 is 38.1 Å². The summed E-state index contributed by atoms with van der Waals surface area (Å²) in [5.41, 5.74) is 1.32. The summed E-state index contributed by atoms with van der Waals surface area (Å²) in [6.07, 6.45) is 0.526. The molecule has 0 aromatic heterocycles. The Bertz CT molecular complexity index is 911. The third kappa shape index (κ3) is 5.88. The number of nitrogens with one attached hydrogen (secondary N) is 1. The quantitative estimate of drug-likeness (QED) is 0.604. The van der Waals surface area contributed by atoms with E-state index in [-0.39, 0.29) is 29.1 Å². The highest BCUT2D eigenvalue weighted by molar-refractivity contribution is 5.99. The minimum absolute atomic E-state index is 0.116. The molecule has 2 rings (SSSR count). The lowest BCUT2D eigenvalue weighted by Gasteiger charge is -2.14. The summed E-state index contributed by atoms with van der Waals surface area (Å²) in [5, 5.41) is 2.69. The lowest BCUT2D eigenvalue weighted by molar-refractivity contribution is -0.116. The van der Waals surface area contributed by atoms with Crippen LogP contribution in [0.25, 0.3) is 0 Å². The number of benzene rings is 2. The van der Waals surface area contributed by atoms with Crippen molar-refractivity contribution in [2.24, 2.45) is 0 Å². The van der Waals surface area contributed by atoms with Crippen LogP contribution in [0, 0.1) is 0 Å². The van der Waals surface area contributed by atoms with Crippen molar-refractivity contribution in [1.82, 2.24) is 0 Å². The number of amides is 1. The highest BCUT2D eigenvalue weighted by Gasteiger charge is 2.16. The molecular weight excluding hydrogens is 406 g/mol. The highest BCUT2D eigenvalue weighted by Crippen LogP contribution is 2.38. The second-order valence-electron chi connectivity index (χ2n) is 6.36. The Morgan fingerprint density at radius 2 is 1.26 bits per heavy atom. The molecule has 0 atom stereocenters. The molecule has 0 radical (unpaired) electrons. The number of rotatable bonds is 9. The molecule has 2 aromatic carbocycles. The number of carbonyl (C=O) groups is 3. The minimum atomic E-state index is -0.640. The maximum atomic E-state index is 12.5. The molecule has 0 heterocycles. The van der Waals surface area contributed by atoms with Gasteiger partial charge in [-0.25, -0.2) is 9.59 Å². The van der Waals surface area contributed by atoms with E-state index >= 15 is 0 Å². The Morgan fingerprint density at radius 3 is 1.68 bits per heavy atom. The normalized spacial score (nSPS) is 10.1. The van der Waals surface area contributed by atoms with Gasteiger partial charge in [-0.1, -0.05) is 0 Å². The summed E-state index contributed by atoms with van der Waals surface area (Å²) in [7, 11) is 6.99. The standard InChI is InChI=1S/C22H25NO8/c1-27-17-8-13(9-18(28-2)20(17)29-3)6-7-19(24)23-16-11-14(21(25)30-4)10-15(12-16)22(26)31-5/h8-12H,6-7H2,1-5H3,(H,23,24). The molecule has 1 amide bonds. The average molecular weight is 431 g/mol. The fourth-order valence-corrected chi connectivity index (χ4v) is 2.93. The summed E-state index contributed by atoms with van der Waals surface area (Å²) in [5.74, 6) is -0.145. The first kappa shape index (κ1) is 23.5. The van der Waals surface area contributed by atoms with Crippen LogP contribution >= 0.6 is 0 Å². The van der Waals surface area contributed by atoms with E-state index in [0.29, 0.717) is 23.7 Å². The van der Waals surface area contributed by atoms with Crippen molar-refractivity contribution in [1.29, 1.82) is 0 Å². The van der Waals surface area contributed by atoms with Gasteiger partial charge in [0.05, 0.1) is 46.7 Å². The average Bonchev–Trinajstić information content (AvgIpc) is 2.80. The zero-order valence-corrected chi connectivity index (χ0v) is 18.1. The summed E-state index contributed by atoms with van der Waals surface area (Å²) < 4.78 is 25.3. The summed E-state index contributed by atoms with van der Waals surface area (Å²) >= 11 is 0. The summed E-state index contributed by atoms with van der Waals surface area (Å²) in [4.78, 5) is 36.2. The van der Waals surface area contributed by atoms with Gasteiger partial charge in [0.25, 0.3) is 0 Å². The SMILES string of the molecule is COC(=O)c1cc(NC(=O)CCc2cc(OC)c(OC)c(OC)c2)cc(C(=O)OC)c1. The predicted molar refractivity (Wildman–Crippen MR) is 112 cm³/mol. The molecule has 0 aliphatic rings. The van der Waals surface area contributed by atoms with Crippen LogP contribution in [0.15, 0.2) is 30.3 Å². The maximum absolute atomic E-state index is 12.5. The molecule has 2 aromatic rings. The van der Waals surface area contributed by atoms with Crippen molar-refractivity contribution in [2.45, 2.75) is 12.8 Å². The number of hydrogen-bond acceptors (Lipinski definition) is 8. The van der Waals surface area contributed by atoms with Crippen molar-refractivity contribution in [3.63, 3.8) is 0 Å². The Kier molecular flexibility index (Phi) is 8.25. The van der Waals surface area contributed by atoms with Gasteiger partial charge in [-0.15, -0.1) is 0 Å². The highest BCUT2D eigenvalue weighted by atomic mass is 16.5. The Labute approximate surface area is 180 Å². The summed E-state index contributed by atoms with van der Waals surface area (Å²) in [6, 6.07) is 7.72. The first-order valence-corrected chi connectivity index (χ1v) is 9.27. The number of anilines is 1. The molecule has 0 spiro atoms. The minimum Gasteiger partial charge on any atom is -0.493 e. The largest absolute Gasteiger partial charge is 0.493 e. The van der Waals surface area contributed by atoms with Crippen molar-refractivity contribution in [2.75, 3.05) is 40.9 Å². The van der Waals surface area contributed by atoms with Crippen LogP contribution < -0.4 is 19.5 Å². The number of esters is 2. The fraction of sp³-hybridized carbons (Fsp3) is 0.318. The zero-order valence-electron chi connectivity index (χ0n) is 18.1. The second kappa shape index (κ2) is 10.9. The molecule has 1 N–H and O–H groups in total. The van der Waals surface area contributed by atoms with Crippen molar-refractivity contribution >= 4 is 23.5 Å². The molecule has 31 heavy (non-hydrogen) atoms. The van der Waals surface area contributed by atoms with E-state index in [1.54, 1.807) is 12.1 Å². The molecule has 0 aliphatic heterocycles. The molecule has 9 nitrogen and oxygen atoms in total. The third-order valence-corrected chi connectivity index (χ3v) is 4.42. The van der Waals surface area contributed by atoms with Gasteiger partial charge in [0, 0.05) is 12.1 Å². The van der Waals surface area contributed by atoms with Gasteiger partial charge in [-0.05, 0) is 42.3 Å². The third-order valence-electron chi connectivity index (χ3n) is 4.42. The van der Waals surface area contributed by atoms with Gasteiger partial charge < -0.3 is 29.0 Å². The Balaban J connectivity index is 2.17. The number of ether oxygens (including phenoxy) is 5. The first-order chi connectivity index (χ1) is 14.9. The molecule has 166 valence electrons. The molecular formula is C22H25NO8. The maximum Gasteiger partial charge on any atom is 0.337 e. The second-order valence-corrected chi connectivity index (χ2v) is 6.36. The molecule has 9 heteroatoms. The number of hydrogen-bond donors (Lipinski definition) is 1. The molecule has 0 saturated carbocycles. The van der Waals surface area contributed by atoms with Gasteiger partial charge >= 0.3 is 11.9 Å².